The van der Waals surface area contributed by atoms with E-state index >= 15 is 0 Å². The Balaban J connectivity index is 1.31. The van der Waals surface area contributed by atoms with E-state index in [1.807, 2.05) is 164 Å². The van der Waals surface area contributed by atoms with E-state index in [0.29, 0.717) is 167 Å². The van der Waals surface area contributed by atoms with Gasteiger partial charge in [-0.05, 0) is 124 Å². The van der Waals surface area contributed by atoms with Gasteiger partial charge in [-0.3, -0.25) is 0 Å². The summed E-state index contributed by atoms with van der Waals surface area (Å²) >= 11 is 0. The first-order chi connectivity index (χ1) is 40.2. The number of hydrogen-bond acceptors (Lipinski definition) is 2. The molecule has 8 bridgehead atoms. The fourth-order valence-corrected chi connectivity index (χ4v) is 11.0. The number of nitrogens with zero attached hydrogens (tertiary/aromatic N) is 6. The molecule has 0 fully saturated rings. The summed E-state index contributed by atoms with van der Waals surface area (Å²) in [6.07, 6.45) is -2.46. The van der Waals surface area contributed by atoms with Crippen LogP contribution in [-0.2, 0) is 26.2 Å². The van der Waals surface area contributed by atoms with Gasteiger partial charge in [0, 0.05) is 99.9 Å². The van der Waals surface area contributed by atoms with Crippen molar-refractivity contribution in [3.05, 3.63) is 145 Å². The largest absolute Gasteiger partial charge is 0.389 e. The number of alkyl halides is 12. The number of aromatic nitrogens is 8. The van der Waals surface area contributed by atoms with E-state index in [2.05, 4.69) is 9.97 Å². The van der Waals surface area contributed by atoms with Crippen molar-refractivity contribution < 1.29 is 71.0 Å². The van der Waals surface area contributed by atoms with Gasteiger partial charge < -0.3 is 9.97 Å². The summed E-state index contributed by atoms with van der Waals surface area (Å²) in [4.78, 5) is 18.3. The van der Waals surface area contributed by atoms with Gasteiger partial charge in [-0.25, -0.2) is 9.97 Å². The first-order valence-electron chi connectivity index (χ1n) is 28.6. The van der Waals surface area contributed by atoms with Crippen LogP contribution in [0, 0.1) is 0 Å². The van der Waals surface area contributed by atoms with Gasteiger partial charge in [0.15, 0.2) is 24.8 Å². The van der Waals surface area contributed by atoms with E-state index in [0.717, 1.165) is 0 Å². The molecule has 8 nitrogen and oxygen atoms in total. The number of unbranched alkanes of at least 4 members (excludes halogenated alkanes) is 8. The number of halogens is 12. The maximum atomic E-state index is 13.2. The summed E-state index contributed by atoms with van der Waals surface area (Å²) in [5.41, 5.74) is 10.2. The average molecular weight is 1180 g/mol. The lowest BCUT2D eigenvalue weighted by Gasteiger charge is -2.08. The van der Waals surface area contributed by atoms with Crippen LogP contribution in [-0.4, -0.2) is 44.6 Å². The molecule has 2 aliphatic rings. The molecule has 0 aromatic carbocycles. The molecule has 84 heavy (non-hydrogen) atoms. The second kappa shape index (κ2) is 26.9. The molecule has 7 aromatic heterocycles. The Morgan fingerprint density at radius 1 is 0.286 bits per heavy atom. The minimum atomic E-state index is -4.27. The normalized spacial score (nSPS) is 12.9. The molecule has 0 amide bonds. The van der Waals surface area contributed by atoms with Gasteiger partial charge in [-0.15, -0.1) is 0 Å². The maximum Gasteiger partial charge on any atom is 0.389 e. The molecule has 0 saturated carbocycles. The van der Waals surface area contributed by atoms with Crippen LogP contribution in [0.5, 0.6) is 0 Å². The number of fused-ring (bicyclic) bond motifs is 8. The Bertz CT molecular complexity index is 3160. The second-order valence-electron chi connectivity index (χ2n) is 21.3. The number of H-pyrrole nitrogens is 2. The van der Waals surface area contributed by atoms with Crippen molar-refractivity contribution >= 4 is 46.4 Å². The highest BCUT2D eigenvalue weighted by Gasteiger charge is 2.31. The minimum Gasteiger partial charge on any atom is -0.354 e. The Labute approximate surface area is 478 Å². The second-order valence-corrected chi connectivity index (χ2v) is 21.3. The molecule has 0 spiro atoms. The third-order valence-electron chi connectivity index (χ3n) is 15.0. The Kier molecular flexibility index (Phi) is 19.5. The quantitative estimate of drug-likeness (QED) is 0.0359. The predicted molar refractivity (Wildman–Crippen MR) is 299 cm³/mol. The zero-order chi connectivity index (χ0) is 59.5. The van der Waals surface area contributed by atoms with E-state index in [1.54, 1.807) is 0 Å². The molecule has 0 saturated heterocycles. The molecule has 2 aliphatic heterocycles. The standard InChI is InChI=1S/C64H65F12N8/c65-61(66,67)33-9-1-13-37-81-41-17-5-21-53(81)57-45-25-27-47(77-45)58(54-22-6-18-42-82(54)38-14-2-10-34-62(68,69)70)49-29-31-51(79-49)60(56-24-8-20-44-84(56)40-16-4-12-36-64(74,75)76)52-32-30-50(80-52)59(48-28-26-46(57)78-48)55-23-7-19-43-83(55)39-15-3-11-35-63(71,72)73/h5-8,17-32,41-44H,1-4,9-16,33-40H2,(H,77,78,79,80)/q+3/p+1. The van der Waals surface area contributed by atoms with Crippen LogP contribution < -0.4 is 18.3 Å². The van der Waals surface area contributed by atoms with Crippen molar-refractivity contribution in [1.82, 2.24) is 19.9 Å². The van der Waals surface area contributed by atoms with Crippen molar-refractivity contribution in [1.29, 1.82) is 0 Å². The fourth-order valence-electron chi connectivity index (χ4n) is 11.0. The molecule has 0 aliphatic carbocycles. The lowest BCUT2D eigenvalue weighted by atomic mass is 10.1. The molecule has 2 N–H and O–H groups in total. The van der Waals surface area contributed by atoms with Gasteiger partial charge in [0.1, 0.15) is 26.2 Å². The topological polar surface area (TPSA) is 72.9 Å². The molecule has 9 heterocycles. The van der Waals surface area contributed by atoms with Crippen LogP contribution in [0.4, 0.5) is 52.7 Å². The number of aromatic amines is 2. The lowest BCUT2D eigenvalue weighted by Crippen LogP contribution is -2.36. The van der Waals surface area contributed by atoms with Crippen LogP contribution in [0.3, 0.4) is 0 Å². The van der Waals surface area contributed by atoms with Gasteiger partial charge in [0.25, 0.3) is 0 Å². The molecular weight excluding hydrogens is 1110 g/mol. The summed E-state index contributed by atoms with van der Waals surface area (Å²) in [5.74, 6) is 0. The maximum absolute atomic E-state index is 13.2. The average Bonchev–Trinajstić information content (AvgIpc) is 2.06. The van der Waals surface area contributed by atoms with Crippen LogP contribution >= 0.6 is 0 Å². The third kappa shape index (κ3) is 16.4. The SMILES string of the molecule is FC(F)(F)CCCCC[n+]1ccccc1-c1c2nc(c(-c3cccc[n+]3CCCCCC(F)(F)F)c3ccc([nH]3)c(-c3cccc[n+]3CCCCCC(F)(F)F)c3nc(c(-c4cccc[n+]4CCCCCC(F)(F)F)c4ccc1[nH]4)C=C3)C=C2. The van der Waals surface area contributed by atoms with Crippen molar-refractivity contribution in [2.75, 3.05) is 0 Å². The first-order valence-corrected chi connectivity index (χ1v) is 28.6. The summed E-state index contributed by atoms with van der Waals surface area (Å²) in [7, 11) is 0. The summed E-state index contributed by atoms with van der Waals surface area (Å²) in [5, 5.41) is 0. The molecule has 20 heteroatoms. The number of pyridine rings is 4. The monoisotopic (exact) mass is 1170 g/mol. The Hall–Kier alpha value is -7.64. The van der Waals surface area contributed by atoms with E-state index in [-0.39, 0.29) is 25.7 Å². The third-order valence-corrected chi connectivity index (χ3v) is 15.0. The number of nitrogens with one attached hydrogen (secondary N) is 2. The molecule has 442 valence electrons. The molecule has 0 atom stereocenters. The fraction of sp³-hybridized carbons (Fsp3) is 0.375. The Morgan fingerprint density at radius 2 is 0.512 bits per heavy atom. The van der Waals surface area contributed by atoms with Gasteiger partial charge in [0.2, 0.25) is 22.8 Å². The number of hydrogen-bond donors (Lipinski definition) is 2. The summed E-state index contributed by atoms with van der Waals surface area (Å²) < 4.78 is 167. The lowest BCUT2D eigenvalue weighted by molar-refractivity contribution is -0.686. The van der Waals surface area contributed by atoms with Crippen molar-refractivity contribution in [2.45, 2.75) is 154 Å². The minimum absolute atomic E-state index is 0.0231. The van der Waals surface area contributed by atoms with Crippen molar-refractivity contribution in [2.24, 2.45) is 0 Å². The van der Waals surface area contributed by atoms with E-state index in [1.165, 1.54) is 0 Å². The van der Waals surface area contributed by atoms with Crippen molar-refractivity contribution in [3.63, 3.8) is 0 Å². The van der Waals surface area contributed by atoms with Gasteiger partial charge in [0.05, 0.1) is 67.1 Å². The highest BCUT2D eigenvalue weighted by molar-refractivity contribution is 5.97. The smallest absolute Gasteiger partial charge is 0.354 e. The summed E-state index contributed by atoms with van der Waals surface area (Å²) in [6.45, 7) is 1.54. The molecule has 0 radical (unpaired) electrons. The zero-order valence-corrected chi connectivity index (χ0v) is 46.2. The van der Waals surface area contributed by atoms with E-state index < -0.39 is 50.4 Å². The van der Waals surface area contributed by atoms with Crippen LogP contribution in [0.15, 0.2) is 122 Å². The van der Waals surface area contributed by atoms with Crippen LogP contribution in [0.1, 0.15) is 126 Å². The predicted octanol–water partition coefficient (Wildman–Crippen LogP) is 17.0. The number of aryl methyl sites for hydroxylation is 4. The highest BCUT2D eigenvalue weighted by atomic mass is 19.4. The van der Waals surface area contributed by atoms with E-state index in [4.69, 9.17) is 9.97 Å². The van der Waals surface area contributed by atoms with Gasteiger partial charge >= 0.3 is 24.7 Å². The zero-order valence-electron chi connectivity index (χ0n) is 46.2. The van der Waals surface area contributed by atoms with Crippen LogP contribution in [0.2, 0.25) is 0 Å². The molecule has 9 rings (SSSR count). The van der Waals surface area contributed by atoms with Gasteiger partial charge in [-0.1, -0.05) is 0 Å². The molecular formula is C64H66F12N8+4. The van der Waals surface area contributed by atoms with E-state index in [9.17, 15) is 52.7 Å². The Morgan fingerprint density at radius 3 is 0.726 bits per heavy atom. The molecule has 0 unspecified atom stereocenters. The van der Waals surface area contributed by atoms with Crippen molar-refractivity contribution in [3.8, 4) is 45.0 Å². The van der Waals surface area contributed by atoms with Crippen LogP contribution in [0.25, 0.3) is 91.4 Å². The first kappa shape index (κ1) is 60.9. The number of rotatable bonds is 24. The van der Waals surface area contributed by atoms with Gasteiger partial charge in [-0.2, -0.15) is 71.0 Å². The summed E-state index contributed by atoms with van der Waals surface area (Å²) in [6, 6.07) is 30.4. The molecule has 7 aromatic rings. The highest BCUT2D eigenvalue weighted by Crippen LogP contribution is 2.38.